The molecule has 1 aromatic heterocycles. The molecule has 4 heteroatoms. The van der Waals surface area contributed by atoms with Crippen LogP contribution in [0.1, 0.15) is 38.9 Å². The fourth-order valence-corrected chi connectivity index (χ4v) is 1.92. The first-order valence-electron chi connectivity index (χ1n) is 5.73. The van der Waals surface area contributed by atoms with Crippen molar-refractivity contribution in [3.05, 3.63) is 18.2 Å². The van der Waals surface area contributed by atoms with Crippen LogP contribution in [0.5, 0.6) is 0 Å². The summed E-state index contributed by atoms with van der Waals surface area (Å²) in [5.74, 6) is 1.66. The van der Waals surface area contributed by atoms with Crippen LogP contribution in [0.15, 0.2) is 12.4 Å². The number of imidazole rings is 1. The van der Waals surface area contributed by atoms with Crippen LogP contribution in [0.3, 0.4) is 0 Å². The van der Waals surface area contributed by atoms with E-state index in [4.69, 9.17) is 0 Å². The summed E-state index contributed by atoms with van der Waals surface area (Å²) in [6.45, 7) is 7.89. The van der Waals surface area contributed by atoms with Gasteiger partial charge in [-0.25, -0.2) is 4.98 Å². The van der Waals surface area contributed by atoms with Gasteiger partial charge in [-0.3, -0.25) is 4.79 Å². The number of amides is 1. The Morgan fingerprint density at radius 1 is 1.56 bits per heavy atom. The molecule has 1 fully saturated rings. The molecule has 0 atom stereocenters. The standard InChI is InChI=1S/C12H19N3O/c1-12(2,3)6-10(16)15-7-9(8-15)11-13-4-5-14-11/h4-5,9H,6-8H2,1-3H3,(H,13,14). The third kappa shape index (κ3) is 2.43. The number of nitrogens with one attached hydrogen (secondary N) is 1. The Morgan fingerprint density at radius 3 is 2.75 bits per heavy atom. The zero-order chi connectivity index (χ0) is 11.8. The third-order valence-corrected chi connectivity index (χ3v) is 2.82. The largest absolute Gasteiger partial charge is 0.348 e. The van der Waals surface area contributed by atoms with E-state index in [9.17, 15) is 4.79 Å². The minimum Gasteiger partial charge on any atom is -0.348 e. The van der Waals surface area contributed by atoms with Crippen molar-refractivity contribution >= 4 is 5.91 Å². The first kappa shape index (κ1) is 11.2. The molecule has 0 aliphatic carbocycles. The van der Waals surface area contributed by atoms with E-state index < -0.39 is 0 Å². The second kappa shape index (κ2) is 3.92. The topological polar surface area (TPSA) is 49.0 Å². The Morgan fingerprint density at radius 2 is 2.25 bits per heavy atom. The quantitative estimate of drug-likeness (QED) is 0.827. The van der Waals surface area contributed by atoms with Gasteiger partial charge in [0, 0.05) is 31.9 Å². The molecule has 1 amide bonds. The summed E-state index contributed by atoms with van der Waals surface area (Å²) in [7, 11) is 0. The highest BCUT2D eigenvalue weighted by Gasteiger charge is 2.34. The zero-order valence-electron chi connectivity index (χ0n) is 10.2. The van der Waals surface area contributed by atoms with E-state index in [-0.39, 0.29) is 11.3 Å². The molecule has 4 nitrogen and oxygen atoms in total. The number of hydrogen-bond acceptors (Lipinski definition) is 2. The summed E-state index contributed by atoms with van der Waals surface area (Å²) in [6, 6.07) is 0. The fourth-order valence-electron chi connectivity index (χ4n) is 1.92. The first-order chi connectivity index (χ1) is 7.46. The summed E-state index contributed by atoms with van der Waals surface area (Å²) in [5.41, 5.74) is 0.0762. The molecule has 0 bridgehead atoms. The number of rotatable bonds is 2. The Labute approximate surface area is 96.1 Å². The van der Waals surface area contributed by atoms with Gasteiger partial charge in [0.1, 0.15) is 5.82 Å². The SMILES string of the molecule is CC(C)(C)CC(=O)N1CC(c2ncc[nH]2)C1. The lowest BCUT2D eigenvalue weighted by Gasteiger charge is -2.39. The van der Waals surface area contributed by atoms with E-state index in [1.54, 1.807) is 6.20 Å². The molecule has 2 heterocycles. The van der Waals surface area contributed by atoms with Gasteiger partial charge in [-0.1, -0.05) is 20.8 Å². The van der Waals surface area contributed by atoms with Crippen molar-refractivity contribution in [2.24, 2.45) is 5.41 Å². The van der Waals surface area contributed by atoms with Crippen molar-refractivity contribution in [2.75, 3.05) is 13.1 Å². The lowest BCUT2D eigenvalue weighted by molar-refractivity contribution is -0.137. The highest BCUT2D eigenvalue weighted by molar-refractivity contribution is 5.77. The van der Waals surface area contributed by atoms with Crippen LogP contribution >= 0.6 is 0 Å². The predicted octanol–water partition coefficient (Wildman–Crippen LogP) is 1.77. The van der Waals surface area contributed by atoms with Gasteiger partial charge in [0.05, 0.1) is 5.92 Å². The van der Waals surface area contributed by atoms with Crippen LogP contribution < -0.4 is 0 Å². The van der Waals surface area contributed by atoms with E-state index in [2.05, 4.69) is 30.7 Å². The molecule has 16 heavy (non-hydrogen) atoms. The van der Waals surface area contributed by atoms with Crippen LogP contribution in [0.4, 0.5) is 0 Å². The molecule has 1 aliphatic rings. The average molecular weight is 221 g/mol. The second-order valence-electron chi connectivity index (χ2n) is 5.71. The van der Waals surface area contributed by atoms with Crippen LogP contribution in [-0.2, 0) is 4.79 Å². The summed E-state index contributed by atoms with van der Waals surface area (Å²) >= 11 is 0. The molecular formula is C12H19N3O. The van der Waals surface area contributed by atoms with Gasteiger partial charge in [0.25, 0.3) is 0 Å². The molecule has 0 spiro atoms. The smallest absolute Gasteiger partial charge is 0.223 e. The van der Waals surface area contributed by atoms with Gasteiger partial charge in [0.2, 0.25) is 5.91 Å². The Balaban J connectivity index is 1.82. The van der Waals surface area contributed by atoms with Crippen molar-refractivity contribution in [3.8, 4) is 0 Å². The Hall–Kier alpha value is -1.32. The van der Waals surface area contributed by atoms with Gasteiger partial charge in [-0.15, -0.1) is 0 Å². The maximum atomic E-state index is 11.9. The molecular weight excluding hydrogens is 202 g/mol. The number of likely N-dealkylation sites (tertiary alicyclic amines) is 1. The van der Waals surface area contributed by atoms with E-state index in [1.807, 2.05) is 11.1 Å². The van der Waals surface area contributed by atoms with Crippen LogP contribution in [0, 0.1) is 5.41 Å². The summed E-state index contributed by atoms with van der Waals surface area (Å²) in [4.78, 5) is 21.1. The van der Waals surface area contributed by atoms with Crippen molar-refractivity contribution in [3.63, 3.8) is 0 Å². The summed E-state index contributed by atoms with van der Waals surface area (Å²) in [6.07, 6.45) is 4.21. The third-order valence-electron chi connectivity index (χ3n) is 2.82. The highest BCUT2D eigenvalue weighted by atomic mass is 16.2. The maximum Gasteiger partial charge on any atom is 0.223 e. The second-order valence-corrected chi connectivity index (χ2v) is 5.71. The van der Waals surface area contributed by atoms with Crippen LogP contribution in [-0.4, -0.2) is 33.9 Å². The molecule has 1 saturated heterocycles. The van der Waals surface area contributed by atoms with Crippen molar-refractivity contribution in [2.45, 2.75) is 33.1 Å². The maximum absolute atomic E-state index is 11.9. The number of nitrogens with zero attached hydrogens (tertiary/aromatic N) is 2. The highest BCUT2D eigenvalue weighted by Crippen LogP contribution is 2.27. The van der Waals surface area contributed by atoms with E-state index in [0.29, 0.717) is 12.3 Å². The van der Waals surface area contributed by atoms with Crippen LogP contribution in [0.25, 0.3) is 0 Å². The molecule has 0 radical (unpaired) electrons. The monoisotopic (exact) mass is 221 g/mol. The lowest BCUT2D eigenvalue weighted by atomic mass is 9.89. The van der Waals surface area contributed by atoms with E-state index >= 15 is 0 Å². The summed E-state index contributed by atoms with van der Waals surface area (Å²) in [5, 5.41) is 0. The number of H-pyrrole nitrogens is 1. The fraction of sp³-hybridized carbons (Fsp3) is 0.667. The van der Waals surface area contributed by atoms with Gasteiger partial charge in [0.15, 0.2) is 0 Å². The predicted molar refractivity (Wildman–Crippen MR) is 62.0 cm³/mol. The molecule has 1 aliphatic heterocycles. The minimum absolute atomic E-state index is 0.0762. The molecule has 0 unspecified atom stereocenters. The Kier molecular flexibility index (Phi) is 2.74. The molecule has 1 aromatic rings. The van der Waals surface area contributed by atoms with Gasteiger partial charge in [-0.2, -0.15) is 0 Å². The zero-order valence-corrected chi connectivity index (χ0v) is 10.2. The number of aromatic amines is 1. The van der Waals surface area contributed by atoms with Gasteiger partial charge in [-0.05, 0) is 5.41 Å². The number of carbonyl (C=O) groups excluding carboxylic acids is 1. The van der Waals surface area contributed by atoms with Crippen molar-refractivity contribution in [1.29, 1.82) is 0 Å². The molecule has 2 rings (SSSR count). The number of aromatic nitrogens is 2. The lowest BCUT2D eigenvalue weighted by Crippen LogP contribution is -2.49. The normalized spacial score (nSPS) is 17.3. The van der Waals surface area contributed by atoms with Crippen molar-refractivity contribution in [1.82, 2.24) is 14.9 Å². The molecule has 0 aromatic carbocycles. The van der Waals surface area contributed by atoms with E-state index in [1.165, 1.54) is 0 Å². The molecule has 1 N–H and O–H groups in total. The Bertz CT molecular complexity index is 358. The minimum atomic E-state index is 0.0762. The van der Waals surface area contributed by atoms with Gasteiger partial charge >= 0.3 is 0 Å². The molecule has 0 saturated carbocycles. The first-order valence-corrected chi connectivity index (χ1v) is 5.73. The molecule has 88 valence electrons. The van der Waals surface area contributed by atoms with Crippen LogP contribution in [0.2, 0.25) is 0 Å². The van der Waals surface area contributed by atoms with E-state index in [0.717, 1.165) is 18.9 Å². The average Bonchev–Trinajstić information content (AvgIpc) is 2.49. The summed E-state index contributed by atoms with van der Waals surface area (Å²) < 4.78 is 0. The van der Waals surface area contributed by atoms with Crippen molar-refractivity contribution < 1.29 is 4.79 Å². The van der Waals surface area contributed by atoms with Gasteiger partial charge < -0.3 is 9.88 Å². The number of hydrogen-bond donors (Lipinski definition) is 1. The number of carbonyl (C=O) groups is 1.